The molecule has 1 saturated carbocycles. The first-order valence-electron chi connectivity index (χ1n) is 6.95. The van der Waals surface area contributed by atoms with E-state index in [2.05, 4.69) is 5.73 Å². The van der Waals surface area contributed by atoms with Gasteiger partial charge in [0.15, 0.2) is 0 Å². The lowest BCUT2D eigenvalue weighted by Gasteiger charge is -2.26. The van der Waals surface area contributed by atoms with E-state index in [1.54, 1.807) is 0 Å². The van der Waals surface area contributed by atoms with Crippen LogP contribution >= 0.6 is 11.6 Å². The molecule has 2 unspecified atom stereocenters. The number of hydrogen-bond donors (Lipinski definition) is 1. The van der Waals surface area contributed by atoms with Crippen molar-refractivity contribution >= 4 is 17.5 Å². The molecular weight excluding hydrogens is 295 g/mol. The van der Waals surface area contributed by atoms with Crippen molar-refractivity contribution in [1.29, 1.82) is 0 Å². The summed E-state index contributed by atoms with van der Waals surface area (Å²) in [5.74, 6) is 0.528. The standard InChI is InChI=1S/C15H21ClN2O.ClH/c1-3-18(4-2)14(19)15(9-11(15)10-17)12-7-5-6-8-13(12)16;/h5-8,11H,3-4,9-10,17H2,1-2H3;1H. The van der Waals surface area contributed by atoms with Gasteiger partial charge in [0.2, 0.25) is 5.91 Å². The third kappa shape index (κ3) is 2.67. The van der Waals surface area contributed by atoms with E-state index in [1.807, 2.05) is 43.0 Å². The quantitative estimate of drug-likeness (QED) is 0.722. The van der Waals surface area contributed by atoms with Gasteiger partial charge >= 0.3 is 0 Å². The van der Waals surface area contributed by atoms with Gasteiger partial charge in [0.25, 0.3) is 0 Å². The number of nitrogens with zero attached hydrogens (tertiary/aromatic N) is 1. The SMILES string of the molecule is CCN(CC)C(=O)C1(c2ccccc2Cl)CC1C[NH3+].[Cl-]. The molecule has 3 nitrogen and oxygen atoms in total. The summed E-state index contributed by atoms with van der Waals surface area (Å²) in [5, 5.41) is 0.693. The number of likely N-dealkylation sites (N-methyl/N-ethyl adjacent to an activating group) is 1. The second kappa shape index (κ2) is 6.79. The molecule has 0 radical (unpaired) electrons. The van der Waals surface area contributed by atoms with Gasteiger partial charge < -0.3 is 23.0 Å². The molecule has 1 fully saturated rings. The van der Waals surface area contributed by atoms with Crippen LogP contribution in [-0.2, 0) is 10.2 Å². The molecule has 112 valence electrons. The van der Waals surface area contributed by atoms with Gasteiger partial charge in [-0.05, 0) is 31.9 Å². The van der Waals surface area contributed by atoms with Gasteiger partial charge in [-0.1, -0.05) is 29.8 Å². The lowest BCUT2D eigenvalue weighted by atomic mass is 9.91. The first-order valence-corrected chi connectivity index (χ1v) is 7.33. The van der Waals surface area contributed by atoms with E-state index in [-0.39, 0.29) is 18.3 Å². The highest BCUT2D eigenvalue weighted by Crippen LogP contribution is 2.56. The molecule has 1 aromatic carbocycles. The minimum absolute atomic E-state index is 0. The van der Waals surface area contributed by atoms with E-state index in [1.165, 1.54) is 0 Å². The predicted octanol–water partition coefficient (Wildman–Crippen LogP) is -1.29. The molecule has 3 N–H and O–H groups in total. The van der Waals surface area contributed by atoms with E-state index in [9.17, 15) is 4.79 Å². The third-order valence-corrected chi connectivity index (χ3v) is 4.57. The van der Waals surface area contributed by atoms with Crippen molar-refractivity contribution in [2.45, 2.75) is 25.7 Å². The maximum Gasteiger partial charge on any atom is 0.233 e. The van der Waals surface area contributed by atoms with Crippen molar-refractivity contribution in [2.75, 3.05) is 19.6 Å². The summed E-state index contributed by atoms with van der Waals surface area (Å²) in [4.78, 5) is 14.8. The van der Waals surface area contributed by atoms with E-state index < -0.39 is 5.41 Å². The Morgan fingerprint density at radius 2 is 2.00 bits per heavy atom. The molecule has 20 heavy (non-hydrogen) atoms. The molecule has 1 amide bonds. The number of carbonyl (C=O) groups excluding carboxylic acids is 1. The highest BCUT2D eigenvalue weighted by molar-refractivity contribution is 6.31. The highest BCUT2D eigenvalue weighted by Gasteiger charge is 2.63. The molecule has 0 bridgehead atoms. The Labute approximate surface area is 131 Å². The van der Waals surface area contributed by atoms with Crippen LogP contribution in [0.5, 0.6) is 0 Å². The number of rotatable bonds is 5. The summed E-state index contributed by atoms with van der Waals surface area (Å²) < 4.78 is 0. The minimum atomic E-state index is -0.424. The number of hydrogen-bond acceptors (Lipinski definition) is 1. The van der Waals surface area contributed by atoms with Crippen LogP contribution in [0.25, 0.3) is 0 Å². The summed E-state index contributed by atoms with van der Waals surface area (Å²) >= 11 is 6.32. The van der Waals surface area contributed by atoms with Gasteiger partial charge in [0, 0.05) is 24.0 Å². The summed E-state index contributed by atoms with van der Waals surface area (Å²) in [6, 6.07) is 7.71. The van der Waals surface area contributed by atoms with Gasteiger partial charge in [-0.25, -0.2) is 0 Å². The Morgan fingerprint density at radius 3 is 2.45 bits per heavy atom. The van der Waals surface area contributed by atoms with Crippen molar-refractivity contribution < 1.29 is 22.9 Å². The molecule has 1 aliphatic carbocycles. The summed E-state index contributed by atoms with van der Waals surface area (Å²) in [5.41, 5.74) is 4.53. The van der Waals surface area contributed by atoms with Crippen molar-refractivity contribution in [3.05, 3.63) is 34.9 Å². The molecule has 1 aliphatic rings. The Morgan fingerprint density at radius 1 is 1.40 bits per heavy atom. The molecule has 0 aliphatic heterocycles. The minimum Gasteiger partial charge on any atom is -1.00 e. The number of carbonyl (C=O) groups is 1. The fourth-order valence-electron chi connectivity index (χ4n) is 3.00. The maximum atomic E-state index is 12.9. The molecule has 5 heteroatoms. The van der Waals surface area contributed by atoms with Crippen molar-refractivity contribution in [2.24, 2.45) is 5.92 Å². The van der Waals surface area contributed by atoms with Gasteiger partial charge in [0.05, 0.1) is 12.0 Å². The third-order valence-electron chi connectivity index (χ3n) is 4.24. The zero-order chi connectivity index (χ0) is 14.0. The van der Waals surface area contributed by atoms with Gasteiger partial charge in [0.1, 0.15) is 0 Å². The van der Waals surface area contributed by atoms with Crippen LogP contribution in [0.1, 0.15) is 25.8 Å². The smallest absolute Gasteiger partial charge is 0.233 e. The monoisotopic (exact) mass is 316 g/mol. The first kappa shape index (κ1) is 17.3. The number of amides is 1. The molecule has 0 heterocycles. The summed E-state index contributed by atoms with van der Waals surface area (Å²) in [6.45, 7) is 6.29. The first-order chi connectivity index (χ1) is 9.11. The van der Waals surface area contributed by atoms with Crippen LogP contribution in [0.3, 0.4) is 0 Å². The Balaban J connectivity index is 0.00000200. The Hall–Kier alpha value is -0.770. The zero-order valence-corrected chi connectivity index (χ0v) is 13.5. The molecule has 2 atom stereocenters. The van der Waals surface area contributed by atoms with Crippen LogP contribution < -0.4 is 18.1 Å². The van der Waals surface area contributed by atoms with Crippen molar-refractivity contribution in [1.82, 2.24) is 4.90 Å². The maximum absolute atomic E-state index is 12.9. The van der Waals surface area contributed by atoms with Crippen molar-refractivity contribution in [3.63, 3.8) is 0 Å². The van der Waals surface area contributed by atoms with E-state index in [0.29, 0.717) is 10.9 Å². The average Bonchev–Trinajstić information content (AvgIpc) is 3.16. The largest absolute Gasteiger partial charge is 1.00 e. The number of quaternary nitrogens is 1. The molecule has 2 rings (SSSR count). The van der Waals surface area contributed by atoms with E-state index >= 15 is 0 Å². The summed E-state index contributed by atoms with van der Waals surface area (Å²) in [6.07, 6.45) is 0.871. The average molecular weight is 317 g/mol. The van der Waals surface area contributed by atoms with E-state index in [0.717, 1.165) is 31.6 Å². The molecule has 0 spiro atoms. The zero-order valence-electron chi connectivity index (χ0n) is 12.0. The summed E-state index contributed by atoms with van der Waals surface area (Å²) in [7, 11) is 0. The second-order valence-corrected chi connectivity index (χ2v) is 5.53. The molecule has 1 aromatic rings. The van der Waals surface area contributed by atoms with Crippen LogP contribution in [0, 0.1) is 5.92 Å². The van der Waals surface area contributed by atoms with Crippen LogP contribution in [0.2, 0.25) is 5.02 Å². The highest BCUT2D eigenvalue weighted by atomic mass is 35.5. The molecule has 0 aromatic heterocycles. The van der Waals surface area contributed by atoms with Gasteiger partial charge in [-0.2, -0.15) is 0 Å². The predicted molar refractivity (Wildman–Crippen MR) is 76.9 cm³/mol. The molecular formula is C15H22Cl2N2O. The lowest BCUT2D eigenvalue weighted by molar-refractivity contribution is -0.373. The van der Waals surface area contributed by atoms with E-state index in [4.69, 9.17) is 11.6 Å². The normalized spacial score (nSPS) is 23.9. The van der Waals surface area contributed by atoms with Crippen LogP contribution in [-0.4, -0.2) is 30.4 Å². The molecule has 0 saturated heterocycles. The topological polar surface area (TPSA) is 48.0 Å². The van der Waals surface area contributed by atoms with Gasteiger partial charge in [-0.3, -0.25) is 4.79 Å². The fourth-order valence-corrected chi connectivity index (χ4v) is 3.31. The van der Waals surface area contributed by atoms with Crippen LogP contribution in [0.15, 0.2) is 24.3 Å². The number of halogens is 2. The van der Waals surface area contributed by atoms with Gasteiger partial charge in [-0.15, -0.1) is 0 Å². The number of benzene rings is 1. The van der Waals surface area contributed by atoms with Crippen LogP contribution in [0.4, 0.5) is 0 Å². The van der Waals surface area contributed by atoms with Crippen molar-refractivity contribution in [3.8, 4) is 0 Å². The lowest BCUT2D eigenvalue weighted by Crippen LogP contribution is -3.00. The fraction of sp³-hybridized carbons (Fsp3) is 0.533. The Kier molecular flexibility index (Phi) is 5.87. The second-order valence-electron chi connectivity index (χ2n) is 5.12. The Bertz CT molecular complexity index is 477.